The molecule has 1 heterocycles. The average molecular weight is 415 g/mol. The Kier molecular flexibility index (Phi) is 6.54. The summed E-state index contributed by atoms with van der Waals surface area (Å²) in [7, 11) is 1.42. The fourth-order valence-electron chi connectivity index (χ4n) is 5.22. The van der Waals surface area contributed by atoms with Crippen LogP contribution in [0.4, 0.5) is 0 Å². The Morgan fingerprint density at radius 1 is 1.27 bits per heavy atom. The van der Waals surface area contributed by atoms with Crippen molar-refractivity contribution in [2.24, 2.45) is 5.92 Å². The van der Waals surface area contributed by atoms with Crippen molar-refractivity contribution in [3.63, 3.8) is 0 Å². The number of rotatable bonds is 7. The van der Waals surface area contributed by atoms with Crippen LogP contribution in [0.3, 0.4) is 0 Å². The van der Waals surface area contributed by atoms with Crippen LogP contribution >= 0.6 is 0 Å². The van der Waals surface area contributed by atoms with Crippen molar-refractivity contribution >= 4 is 5.97 Å². The molecule has 0 radical (unpaired) electrons. The highest BCUT2D eigenvalue weighted by Gasteiger charge is 2.47. The standard InChI is InChI=1S/C26H38O4/c1-7-8-9-10-13-25(2,3)18-15-21(27)23-19-14-17(24(28)29-6)11-12-20(19)26(4,5)30-22(23)16-18/h11,15-16,19-20,27H,7-10,12-14H2,1-6H3/t19-,20?/m0/s1. The number of hydrogen-bond donors (Lipinski definition) is 1. The first kappa shape index (κ1) is 22.7. The van der Waals surface area contributed by atoms with E-state index >= 15 is 0 Å². The average Bonchev–Trinajstić information content (AvgIpc) is 2.69. The maximum atomic E-state index is 12.1. The quantitative estimate of drug-likeness (QED) is 0.414. The van der Waals surface area contributed by atoms with Crippen molar-refractivity contribution in [1.82, 2.24) is 0 Å². The third-order valence-electron chi connectivity index (χ3n) is 7.19. The predicted octanol–water partition coefficient (Wildman–Crippen LogP) is 6.40. The smallest absolute Gasteiger partial charge is 0.333 e. The maximum Gasteiger partial charge on any atom is 0.333 e. The number of methoxy groups -OCH3 is 1. The first-order valence-corrected chi connectivity index (χ1v) is 11.4. The highest BCUT2D eigenvalue weighted by Crippen LogP contribution is 2.55. The molecule has 0 spiro atoms. The van der Waals surface area contributed by atoms with E-state index < -0.39 is 0 Å². The third kappa shape index (κ3) is 4.38. The van der Waals surface area contributed by atoms with Crippen LogP contribution in [0.15, 0.2) is 23.8 Å². The van der Waals surface area contributed by atoms with Gasteiger partial charge in [0.25, 0.3) is 0 Å². The number of unbranched alkanes of at least 4 members (excludes halogenated alkanes) is 3. The van der Waals surface area contributed by atoms with E-state index in [1.54, 1.807) is 0 Å². The van der Waals surface area contributed by atoms with Crippen molar-refractivity contribution in [3.05, 3.63) is 34.9 Å². The minimum atomic E-state index is -0.369. The van der Waals surface area contributed by atoms with E-state index in [4.69, 9.17) is 9.47 Å². The van der Waals surface area contributed by atoms with Gasteiger partial charge in [-0.1, -0.05) is 52.5 Å². The molecule has 0 amide bonds. The van der Waals surface area contributed by atoms with Gasteiger partial charge in [0.05, 0.1) is 7.11 Å². The Balaban J connectivity index is 1.94. The second-order valence-electron chi connectivity index (χ2n) is 10.2. The summed E-state index contributed by atoms with van der Waals surface area (Å²) in [5.41, 5.74) is 2.26. The molecule has 0 fully saturated rings. The van der Waals surface area contributed by atoms with Gasteiger partial charge in [-0.2, -0.15) is 0 Å². The van der Waals surface area contributed by atoms with Gasteiger partial charge in [0.15, 0.2) is 0 Å². The summed E-state index contributed by atoms with van der Waals surface area (Å²) < 4.78 is 11.4. The van der Waals surface area contributed by atoms with Crippen LogP contribution in [0.2, 0.25) is 0 Å². The van der Waals surface area contributed by atoms with Gasteiger partial charge in [0.2, 0.25) is 0 Å². The minimum Gasteiger partial charge on any atom is -0.508 e. The maximum absolute atomic E-state index is 12.1. The Labute approximate surface area is 181 Å². The molecule has 166 valence electrons. The highest BCUT2D eigenvalue weighted by molar-refractivity contribution is 5.88. The molecule has 1 aliphatic carbocycles. The molecule has 3 rings (SSSR count). The largest absolute Gasteiger partial charge is 0.508 e. The van der Waals surface area contributed by atoms with Crippen LogP contribution in [-0.4, -0.2) is 23.8 Å². The van der Waals surface area contributed by atoms with Gasteiger partial charge in [-0.05, 0) is 56.2 Å². The lowest BCUT2D eigenvalue weighted by Gasteiger charge is -2.47. The number of esters is 1. The number of phenols is 1. The van der Waals surface area contributed by atoms with Gasteiger partial charge in [-0.3, -0.25) is 0 Å². The van der Waals surface area contributed by atoms with Crippen LogP contribution in [0.5, 0.6) is 11.5 Å². The Bertz CT molecular complexity index is 819. The van der Waals surface area contributed by atoms with E-state index in [-0.39, 0.29) is 28.8 Å². The SMILES string of the molecule is CCCCCCC(C)(C)c1cc(O)c2c(c1)OC(C)(C)C1CC=C(C(=O)OC)C[C@H]21. The molecule has 0 saturated heterocycles. The lowest BCUT2D eigenvalue weighted by atomic mass is 9.66. The van der Waals surface area contributed by atoms with Crippen LogP contribution in [0.1, 0.15) is 96.6 Å². The molecule has 1 aromatic carbocycles. The van der Waals surface area contributed by atoms with Crippen LogP contribution in [-0.2, 0) is 14.9 Å². The van der Waals surface area contributed by atoms with Gasteiger partial charge in [0.1, 0.15) is 17.1 Å². The summed E-state index contributed by atoms with van der Waals surface area (Å²) >= 11 is 0. The number of ether oxygens (including phenoxy) is 2. The summed E-state index contributed by atoms with van der Waals surface area (Å²) in [4.78, 5) is 12.1. The molecule has 1 aliphatic heterocycles. The number of phenolic OH excluding ortho intramolecular Hbond substituents is 1. The molecule has 1 unspecified atom stereocenters. The molecule has 4 heteroatoms. The lowest BCUT2D eigenvalue weighted by Crippen LogP contribution is -2.46. The van der Waals surface area contributed by atoms with Gasteiger partial charge in [0, 0.05) is 23.0 Å². The van der Waals surface area contributed by atoms with Crippen LogP contribution < -0.4 is 4.74 Å². The van der Waals surface area contributed by atoms with Crippen molar-refractivity contribution < 1.29 is 19.4 Å². The van der Waals surface area contributed by atoms with Gasteiger partial charge >= 0.3 is 5.97 Å². The van der Waals surface area contributed by atoms with Crippen molar-refractivity contribution in [2.75, 3.05) is 7.11 Å². The van der Waals surface area contributed by atoms with Crippen LogP contribution in [0, 0.1) is 5.92 Å². The zero-order valence-corrected chi connectivity index (χ0v) is 19.5. The number of fused-ring (bicyclic) bond motifs is 3. The number of allylic oxidation sites excluding steroid dienone is 1. The molecular weight excluding hydrogens is 376 g/mol. The zero-order valence-electron chi connectivity index (χ0n) is 19.5. The van der Waals surface area contributed by atoms with Gasteiger partial charge in [-0.15, -0.1) is 0 Å². The van der Waals surface area contributed by atoms with E-state index in [1.165, 1.54) is 32.8 Å². The summed E-state index contributed by atoms with van der Waals surface area (Å²) in [6, 6.07) is 4.05. The third-order valence-corrected chi connectivity index (χ3v) is 7.19. The normalized spacial score (nSPS) is 22.4. The topological polar surface area (TPSA) is 55.8 Å². The fraction of sp³-hybridized carbons (Fsp3) is 0.654. The number of benzene rings is 1. The molecule has 4 nitrogen and oxygen atoms in total. The van der Waals surface area contributed by atoms with E-state index in [0.29, 0.717) is 17.7 Å². The summed E-state index contributed by atoms with van der Waals surface area (Å²) in [5, 5.41) is 11.1. The number of aromatic hydroxyl groups is 1. The predicted molar refractivity (Wildman–Crippen MR) is 120 cm³/mol. The molecule has 30 heavy (non-hydrogen) atoms. The summed E-state index contributed by atoms with van der Waals surface area (Å²) in [6.45, 7) is 10.9. The molecule has 2 aliphatic rings. The number of carbonyl (C=O) groups is 1. The molecule has 0 bridgehead atoms. The number of carbonyl (C=O) groups excluding carboxylic acids is 1. The Hall–Kier alpha value is -1.97. The molecule has 1 aromatic rings. The van der Waals surface area contributed by atoms with Crippen molar-refractivity contribution in [1.29, 1.82) is 0 Å². The molecule has 1 N–H and O–H groups in total. The zero-order chi connectivity index (χ0) is 22.1. The van der Waals surface area contributed by atoms with E-state index in [0.717, 1.165) is 29.7 Å². The highest BCUT2D eigenvalue weighted by atomic mass is 16.5. The monoisotopic (exact) mass is 414 g/mol. The van der Waals surface area contributed by atoms with Gasteiger partial charge in [-0.25, -0.2) is 4.79 Å². The molecule has 0 saturated carbocycles. The Morgan fingerprint density at radius 3 is 2.67 bits per heavy atom. The number of hydrogen-bond acceptors (Lipinski definition) is 4. The van der Waals surface area contributed by atoms with E-state index in [9.17, 15) is 9.90 Å². The van der Waals surface area contributed by atoms with Gasteiger partial charge < -0.3 is 14.6 Å². The molecule has 0 aromatic heterocycles. The summed E-state index contributed by atoms with van der Waals surface area (Å²) in [6.07, 6.45) is 9.30. The first-order valence-electron chi connectivity index (χ1n) is 11.4. The molecular formula is C26H38O4. The first-order chi connectivity index (χ1) is 14.1. The van der Waals surface area contributed by atoms with E-state index in [2.05, 4.69) is 40.7 Å². The van der Waals surface area contributed by atoms with E-state index in [1.807, 2.05) is 12.1 Å². The summed E-state index contributed by atoms with van der Waals surface area (Å²) in [5.74, 6) is 1.04. The second-order valence-corrected chi connectivity index (χ2v) is 10.2. The minimum absolute atomic E-state index is 0.0335. The second kappa shape index (κ2) is 8.64. The van der Waals surface area contributed by atoms with Crippen LogP contribution in [0.25, 0.3) is 0 Å². The molecule has 2 atom stereocenters. The fourth-order valence-corrected chi connectivity index (χ4v) is 5.22. The Morgan fingerprint density at radius 2 is 2.00 bits per heavy atom. The van der Waals surface area contributed by atoms with Crippen molar-refractivity contribution in [3.8, 4) is 11.5 Å². The van der Waals surface area contributed by atoms with Crippen molar-refractivity contribution in [2.45, 2.75) is 96.5 Å². The lowest BCUT2D eigenvalue weighted by molar-refractivity contribution is -0.136.